The van der Waals surface area contributed by atoms with E-state index in [0.717, 1.165) is 26.9 Å². The molecule has 12 heteroatoms. The number of aromatic nitrogens is 4. The Hall–Kier alpha value is -5.07. The Morgan fingerprint density at radius 2 is 1.88 bits per heavy atom. The van der Waals surface area contributed by atoms with Crippen LogP contribution in [0, 0.1) is 6.92 Å². The summed E-state index contributed by atoms with van der Waals surface area (Å²) >= 11 is 3.50. The first-order valence-corrected chi connectivity index (χ1v) is 16.4. The van der Waals surface area contributed by atoms with E-state index in [1.807, 2.05) is 50.2 Å². The lowest BCUT2D eigenvalue weighted by molar-refractivity contribution is 0.0610. The van der Waals surface area contributed by atoms with Crippen LogP contribution in [0.5, 0.6) is 5.75 Å². The highest BCUT2D eigenvalue weighted by atomic mass is 79.9. The lowest BCUT2D eigenvalue weighted by atomic mass is 10.0. The number of imidazole rings is 1. The van der Waals surface area contributed by atoms with Crippen LogP contribution in [0.1, 0.15) is 51.5 Å². The van der Waals surface area contributed by atoms with Crippen LogP contribution in [0.15, 0.2) is 94.6 Å². The van der Waals surface area contributed by atoms with E-state index in [1.165, 1.54) is 10.9 Å². The summed E-state index contributed by atoms with van der Waals surface area (Å²) in [4.78, 5) is 52.2. The summed E-state index contributed by atoms with van der Waals surface area (Å²) in [5.41, 5.74) is 4.53. The number of aryl methyl sites for hydroxylation is 1. The second-order valence-electron chi connectivity index (χ2n) is 11.9. The van der Waals surface area contributed by atoms with Crippen molar-refractivity contribution in [1.82, 2.24) is 29.3 Å². The number of aliphatic hydroxyl groups excluding tert-OH is 1. The summed E-state index contributed by atoms with van der Waals surface area (Å²) in [6, 6.07) is 21.3. The second-order valence-corrected chi connectivity index (χ2v) is 12.7. The Bertz CT molecular complexity index is 2020. The predicted octanol–water partition coefficient (Wildman–Crippen LogP) is 4.90. The molecular weight excluding hydrogens is 676 g/mol. The number of fused-ring (bicyclic) bond motifs is 1. The molecule has 6 rings (SSSR count). The van der Waals surface area contributed by atoms with Crippen molar-refractivity contribution >= 4 is 27.7 Å². The highest BCUT2D eigenvalue weighted by molar-refractivity contribution is 9.10. The number of nitrogens with one attached hydrogen (secondary N) is 1. The third-order valence-corrected chi connectivity index (χ3v) is 9.22. The average molecular weight is 712 g/mol. The maximum Gasteiger partial charge on any atom is 0.333 e. The van der Waals surface area contributed by atoms with Crippen LogP contribution < -0.4 is 15.7 Å². The summed E-state index contributed by atoms with van der Waals surface area (Å²) in [5, 5.41) is 12.6. The van der Waals surface area contributed by atoms with Gasteiger partial charge in [0.2, 0.25) is 0 Å². The van der Waals surface area contributed by atoms with Crippen LogP contribution in [-0.2, 0) is 19.6 Å². The zero-order chi connectivity index (χ0) is 33.9. The van der Waals surface area contributed by atoms with Gasteiger partial charge in [-0.05, 0) is 80.4 Å². The number of aliphatic hydroxyl groups is 1. The highest BCUT2D eigenvalue weighted by Gasteiger charge is 2.35. The van der Waals surface area contributed by atoms with E-state index in [0.29, 0.717) is 22.7 Å². The largest absolute Gasteiger partial charge is 0.491 e. The van der Waals surface area contributed by atoms with Crippen molar-refractivity contribution in [1.29, 1.82) is 0 Å². The number of carbonyl (C=O) groups excluding carboxylic acids is 2. The predicted molar refractivity (Wildman–Crippen MR) is 184 cm³/mol. The van der Waals surface area contributed by atoms with Crippen molar-refractivity contribution in [2.75, 3.05) is 6.61 Å². The molecule has 1 aliphatic heterocycles. The molecule has 0 radical (unpaired) electrons. The molecule has 11 nitrogen and oxygen atoms in total. The van der Waals surface area contributed by atoms with Crippen LogP contribution in [0.25, 0.3) is 16.9 Å². The van der Waals surface area contributed by atoms with Gasteiger partial charge in [0, 0.05) is 40.9 Å². The maximum absolute atomic E-state index is 14.2. The Morgan fingerprint density at radius 3 is 2.58 bits per heavy atom. The fraction of sp³-hybridized carbons (Fsp3) is 0.250. The number of hydrogen-bond acceptors (Lipinski definition) is 7. The van der Waals surface area contributed by atoms with E-state index >= 15 is 0 Å². The van der Waals surface area contributed by atoms with E-state index in [1.54, 1.807) is 59.0 Å². The summed E-state index contributed by atoms with van der Waals surface area (Å²) in [5.74, 6) is -0.136. The van der Waals surface area contributed by atoms with Crippen LogP contribution in [0.2, 0.25) is 0 Å². The molecule has 0 bridgehead atoms. The van der Waals surface area contributed by atoms with Crippen LogP contribution in [0.4, 0.5) is 0 Å². The molecule has 0 spiro atoms. The molecule has 246 valence electrons. The monoisotopic (exact) mass is 710 g/mol. The molecular formula is C36H35BrN6O5. The average Bonchev–Trinajstić information content (AvgIpc) is 3.38. The minimum absolute atomic E-state index is 0.0627. The summed E-state index contributed by atoms with van der Waals surface area (Å²) < 4.78 is 9.50. The van der Waals surface area contributed by atoms with E-state index in [2.05, 4.69) is 31.2 Å². The molecule has 2 amide bonds. The smallest absolute Gasteiger partial charge is 0.333 e. The summed E-state index contributed by atoms with van der Waals surface area (Å²) in [6.45, 7) is 6.01. The molecule has 0 unspecified atom stereocenters. The molecule has 2 N–H and O–H groups in total. The standard InChI is InChI=1S/C36H35BrN6O5/c1-22-16-25(8-13-30(22)37)35(46)41-19-32-33(34(45)39-17-26-6-4-5-7-29(26)31-14-15-38-21-40-31)43(36(47)42(32)18-23(41)2)27-9-11-28(12-10-27)48-20-24(3)44/h4-16,21,23-24,44H,17-20H2,1-3H3,(H,39,45)/t23-,24-/m1/s1. The van der Waals surface area contributed by atoms with Gasteiger partial charge in [-0.3, -0.25) is 18.7 Å². The molecule has 48 heavy (non-hydrogen) atoms. The maximum atomic E-state index is 14.2. The molecule has 2 aromatic heterocycles. The van der Waals surface area contributed by atoms with Gasteiger partial charge in [-0.25, -0.2) is 14.8 Å². The molecule has 0 saturated carbocycles. The molecule has 3 aromatic carbocycles. The summed E-state index contributed by atoms with van der Waals surface area (Å²) in [7, 11) is 0. The van der Waals surface area contributed by atoms with Crippen molar-refractivity contribution in [3.8, 4) is 22.7 Å². The van der Waals surface area contributed by atoms with Gasteiger partial charge >= 0.3 is 5.69 Å². The van der Waals surface area contributed by atoms with Crippen molar-refractivity contribution in [3.05, 3.63) is 128 Å². The second kappa shape index (κ2) is 14.0. The van der Waals surface area contributed by atoms with Crippen LogP contribution in [0.3, 0.4) is 0 Å². The third kappa shape index (κ3) is 6.67. The lowest BCUT2D eigenvalue weighted by Crippen LogP contribution is -2.47. The van der Waals surface area contributed by atoms with Gasteiger partial charge in [0.05, 0.1) is 29.7 Å². The number of benzene rings is 3. The molecule has 0 aliphatic carbocycles. The Morgan fingerprint density at radius 1 is 1.10 bits per heavy atom. The van der Waals surface area contributed by atoms with Crippen molar-refractivity contribution in [2.24, 2.45) is 0 Å². The van der Waals surface area contributed by atoms with Gasteiger partial charge in [0.15, 0.2) is 0 Å². The first kappa shape index (κ1) is 32.9. The molecule has 0 saturated heterocycles. The van der Waals surface area contributed by atoms with Gasteiger partial charge < -0.3 is 20.1 Å². The zero-order valence-electron chi connectivity index (χ0n) is 26.8. The molecule has 5 aromatic rings. The zero-order valence-corrected chi connectivity index (χ0v) is 28.3. The quantitative estimate of drug-likeness (QED) is 0.223. The Balaban J connectivity index is 1.38. The first-order chi connectivity index (χ1) is 23.1. The normalized spacial score (nSPS) is 14.7. The number of carbonyl (C=O) groups is 2. The molecule has 2 atom stereocenters. The van der Waals surface area contributed by atoms with E-state index in [9.17, 15) is 19.5 Å². The fourth-order valence-corrected chi connectivity index (χ4v) is 6.09. The van der Waals surface area contributed by atoms with Gasteiger partial charge in [-0.2, -0.15) is 0 Å². The van der Waals surface area contributed by atoms with Gasteiger partial charge in [-0.15, -0.1) is 0 Å². The highest BCUT2D eigenvalue weighted by Crippen LogP contribution is 2.27. The van der Waals surface area contributed by atoms with Crippen molar-refractivity contribution < 1.29 is 19.4 Å². The number of ether oxygens (including phenoxy) is 1. The molecule has 0 fully saturated rings. The minimum Gasteiger partial charge on any atom is -0.491 e. The Kier molecular flexibility index (Phi) is 9.56. The van der Waals surface area contributed by atoms with Crippen LogP contribution >= 0.6 is 15.9 Å². The third-order valence-electron chi connectivity index (χ3n) is 8.33. The van der Waals surface area contributed by atoms with E-state index in [4.69, 9.17) is 4.74 Å². The van der Waals surface area contributed by atoms with Gasteiger partial charge in [0.25, 0.3) is 11.8 Å². The van der Waals surface area contributed by atoms with Gasteiger partial charge in [-0.1, -0.05) is 40.2 Å². The van der Waals surface area contributed by atoms with E-state index < -0.39 is 12.0 Å². The lowest BCUT2D eigenvalue weighted by Gasteiger charge is -2.34. The fourth-order valence-electron chi connectivity index (χ4n) is 5.85. The SMILES string of the molecule is Cc1cc(C(=O)N2Cc3c(C(=O)NCc4ccccc4-c4ccncn4)n(-c4ccc(OC[C@@H](C)O)cc4)c(=O)n3C[C@H]2C)ccc1Br. The van der Waals surface area contributed by atoms with Gasteiger partial charge in [0.1, 0.15) is 24.4 Å². The summed E-state index contributed by atoms with van der Waals surface area (Å²) in [6.07, 6.45) is 2.49. The van der Waals surface area contributed by atoms with Crippen molar-refractivity contribution in [2.45, 2.75) is 52.6 Å². The number of rotatable bonds is 9. The topological polar surface area (TPSA) is 132 Å². The Labute approximate surface area is 286 Å². The van der Waals surface area contributed by atoms with E-state index in [-0.39, 0.29) is 49.6 Å². The number of halogens is 1. The first-order valence-electron chi connectivity index (χ1n) is 15.6. The number of amides is 2. The molecule has 1 aliphatic rings. The minimum atomic E-state index is -0.644. The number of nitrogens with zero attached hydrogens (tertiary/aromatic N) is 5. The van der Waals surface area contributed by atoms with Crippen LogP contribution in [-0.4, -0.2) is 59.7 Å². The molecule has 3 heterocycles. The number of hydrogen-bond donors (Lipinski definition) is 2. The van der Waals surface area contributed by atoms with Crippen molar-refractivity contribution in [3.63, 3.8) is 0 Å².